The normalized spacial score (nSPS) is 13.9. The molecule has 0 amide bonds. The fourth-order valence-corrected chi connectivity index (χ4v) is 1.78. The molecule has 0 radical (unpaired) electrons. The standard InChI is InChI=1S/C12H12O3/c1-2-3-5-8-6-4-7-9-10(8)12(14)15-11(9)13/h4,6-7H,2-3,5H2,1H3. The van der Waals surface area contributed by atoms with Crippen LogP contribution in [0.2, 0.25) is 0 Å². The van der Waals surface area contributed by atoms with Gasteiger partial charge in [-0.2, -0.15) is 0 Å². The van der Waals surface area contributed by atoms with Gasteiger partial charge in [-0.15, -0.1) is 0 Å². The Morgan fingerprint density at radius 3 is 2.73 bits per heavy atom. The molecule has 2 rings (SSSR count). The van der Waals surface area contributed by atoms with Crippen LogP contribution in [0.1, 0.15) is 46.0 Å². The van der Waals surface area contributed by atoms with Crippen molar-refractivity contribution in [3.8, 4) is 0 Å². The zero-order chi connectivity index (χ0) is 10.8. The van der Waals surface area contributed by atoms with Crippen molar-refractivity contribution >= 4 is 11.9 Å². The van der Waals surface area contributed by atoms with E-state index in [0.29, 0.717) is 11.1 Å². The van der Waals surface area contributed by atoms with E-state index in [1.807, 2.05) is 6.07 Å². The lowest BCUT2D eigenvalue weighted by atomic mass is 9.99. The number of unbranched alkanes of at least 4 members (excludes halogenated alkanes) is 1. The van der Waals surface area contributed by atoms with E-state index in [1.165, 1.54) is 0 Å². The number of cyclic esters (lactones) is 2. The first kappa shape index (κ1) is 9.90. The second-order valence-electron chi connectivity index (χ2n) is 3.62. The summed E-state index contributed by atoms with van der Waals surface area (Å²) in [6.07, 6.45) is 2.90. The average Bonchev–Trinajstić information content (AvgIpc) is 2.53. The van der Waals surface area contributed by atoms with Crippen LogP contribution in [0.3, 0.4) is 0 Å². The summed E-state index contributed by atoms with van der Waals surface area (Å²) in [5.74, 6) is -1.02. The molecular weight excluding hydrogens is 192 g/mol. The summed E-state index contributed by atoms with van der Waals surface area (Å²) in [4.78, 5) is 22.7. The topological polar surface area (TPSA) is 43.4 Å². The number of esters is 2. The molecule has 0 saturated heterocycles. The van der Waals surface area contributed by atoms with E-state index in [0.717, 1.165) is 24.8 Å². The van der Waals surface area contributed by atoms with Crippen LogP contribution in [0.5, 0.6) is 0 Å². The minimum absolute atomic E-state index is 0.411. The van der Waals surface area contributed by atoms with E-state index in [2.05, 4.69) is 11.7 Å². The molecule has 0 saturated carbocycles. The van der Waals surface area contributed by atoms with Crippen LogP contribution in [0, 0.1) is 0 Å². The third kappa shape index (κ3) is 1.65. The smallest absolute Gasteiger partial charge is 0.347 e. The highest BCUT2D eigenvalue weighted by atomic mass is 16.6. The molecule has 1 heterocycles. The van der Waals surface area contributed by atoms with Gasteiger partial charge in [0.15, 0.2) is 0 Å². The monoisotopic (exact) mass is 204 g/mol. The first-order chi connectivity index (χ1) is 7.24. The van der Waals surface area contributed by atoms with Crippen LogP contribution in [-0.4, -0.2) is 11.9 Å². The largest absolute Gasteiger partial charge is 0.386 e. The van der Waals surface area contributed by atoms with Gasteiger partial charge in [0.2, 0.25) is 0 Å². The number of benzene rings is 1. The molecule has 0 aliphatic carbocycles. The van der Waals surface area contributed by atoms with Crippen LogP contribution >= 0.6 is 0 Å². The number of fused-ring (bicyclic) bond motifs is 1. The predicted molar refractivity (Wildman–Crippen MR) is 54.8 cm³/mol. The van der Waals surface area contributed by atoms with Crippen LogP contribution in [-0.2, 0) is 11.2 Å². The van der Waals surface area contributed by atoms with Gasteiger partial charge < -0.3 is 4.74 Å². The molecule has 1 aromatic rings. The van der Waals surface area contributed by atoms with Gasteiger partial charge >= 0.3 is 11.9 Å². The van der Waals surface area contributed by atoms with Crippen molar-refractivity contribution < 1.29 is 14.3 Å². The Kier molecular flexibility index (Phi) is 2.54. The van der Waals surface area contributed by atoms with Crippen molar-refractivity contribution in [1.29, 1.82) is 0 Å². The maximum absolute atomic E-state index is 11.4. The number of rotatable bonds is 3. The summed E-state index contributed by atoms with van der Waals surface area (Å²) in [6, 6.07) is 5.32. The Labute approximate surface area is 88.1 Å². The predicted octanol–water partition coefficient (Wildman–Crippen LogP) is 2.34. The van der Waals surface area contributed by atoms with E-state index < -0.39 is 11.9 Å². The van der Waals surface area contributed by atoms with Gasteiger partial charge in [-0.25, -0.2) is 9.59 Å². The number of ether oxygens (including phenoxy) is 1. The van der Waals surface area contributed by atoms with Gasteiger partial charge in [-0.3, -0.25) is 0 Å². The third-order valence-electron chi connectivity index (χ3n) is 2.56. The first-order valence-corrected chi connectivity index (χ1v) is 5.12. The van der Waals surface area contributed by atoms with Crippen molar-refractivity contribution in [2.75, 3.05) is 0 Å². The maximum atomic E-state index is 11.4. The highest BCUT2D eigenvalue weighted by Crippen LogP contribution is 2.24. The Morgan fingerprint density at radius 1 is 1.20 bits per heavy atom. The molecule has 1 aliphatic rings. The maximum Gasteiger partial charge on any atom is 0.347 e. The van der Waals surface area contributed by atoms with Crippen molar-refractivity contribution in [3.63, 3.8) is 0 Å². The molecule has 0 N–H and O–H groups in total. The summed E-state index contributed by atoms with van der Waals surface area (Å²) in [5, 5.41) is 0. The molecule has 0 fully saturated rings. The summed E-state index contributed by atoms with van der Waals surface area (Å²) in [6.45, 7) is 2.09. The number of aryl methyl sites for hydroxylation is 1. The lowest BCUT2D eigenvalue weighted by Crippen LogP contribution is -2.00. The summed E-state index contributed by atoms with van der Waals surface area (Å²) < 4.78 is 4.57. The van der Waals surface area contributed by atoms with Gasteiger partial charge in [0, 0.05) is 0 Å². The fourth-order valence-electron chi connectivity index (χ4n) is 1.78. The SMILES string of the molecule is CCCCc1cccc2c1C(=O)OC2=O. The molecule has 78 valence electrons. The molecule has 1 aliphatic heterocycles. The number of hydrogen-bond acceptors (Lipinski definition) is 3. The fraction of sp³-hybridized carbons (Fsp3) is 0.333. The van der Waals surface area contributed by atoms with E-state index in [-0.39, 0.29) is 0 Å². The van der Waals surface area contributed by atoms with Crippen LogP contribution in [0.15, 0.2) is 18.2 Å². The van der Waals surface area contributed by atoms with Gasteiger partial charge in [-0.05, 0) is 24.5 Å². The Morgan fingerprint density at radius 2 is 2.00 bits per heavy atom. The van der Waals surface area contributed by atoms with E-state index in [1.54, 1.807) is 12.1 Å². The van der Waals surface area contributed by atoms with Crippen LogP contribution < -0.4 is 0 Å². The second kappa shape index (κ2) is 3.85. The molecule has 3 heteroatoms. The Hall–Kier alpha value is -1.64. The van der Waals surface area contributed by atoms with Gasteiger partial charge in [0.1, 0.15) is 0 Å². The molecule has 0 spiro atoms. The Balaban J connectivity index is 2.41. The minimum atomic E-state index is -0.520. The number of carbonyl (C=O) groups is 2. The zero-order valence-corrected chi connectivity index (χ0v) is 8.58. The Bertz CT molecular complexity index is 421. The molecule has 0 unspecified atom stereocenters. The van der Waals surface area contributed by atoms with E-state index in [4.69, 9.17) is 0 Å². The highest BCUT2D eigenvalue weighted by molar-refractivity contribution is 6.15. The first-order valence-electron chi connectivity index (χ1n) is 5.12. The third-order valence-corrected chi connectivity index (χ3v) is 2.56. The molecule has 3 nitrogen and oxygen atoms in total. The molecule has 0 bridgehead atoms. The van der Waals surface area contributed by atoms with E-state index >= 15 is 0 Å². The minimum Gasteiger partial charge on any atom is -0.386 e. The van der Waals surface area contributed by atoms with Crippen molar-refractivity contribution in [1.82, 2.24) is 0 Å². The summed E-state index contributed by atoms with van der Waals surface area (Å²) in [7, 11) is 0. The average molecular weight is 204 g/mol. The van der Waals surface area contributed by atoms with Crippen LogP contribution in [0.25, 0.3) is 0 Å². The number of carbonyl (C=O) groups excluding carboxylic acids is 2. The second-order valence-corrected chi connectivity index (χ2v) is 3.62. The lowest BCUT2D eigenvalue weighted by molar-refractivity contribution is 0.0443. The lowest BCUT2D eigenvalue weighted by Gasteiger charge is -2.02. The molecular formula is C12H12O3. The molecule has 0 atom stereocenters. The van der Waals surface area contributed by atoms with Gasteiger partial charge in [-0.1, -0.05) is 25.5 Å². The van der Waals surface area contributed by atoms with Crippen molar-refractivity contribution in [3.05, 3.63) is 34.9 Å². The number of hydrogen-bond donors (Lipinski definition) is 0. The van der Waals surface area contributed by atoms with E-state index in [9.17, 15) is 9.59 Å². The quantitative estimate of drug-likeness (QED) is 0.560. The molecule has 1 aromatic carbocycles. The van der Waals surface area contributed by atoms with Crippen molar-refractivity contribution in [2.24, 2.45) is 0 Å². The zero-order valence-electron chi connectivity index (χ0n) is 8.58. The van der Waals surface area contributed by atoms with Gasteiger partial charge in [0.25, 0.3) is 0 Å². The summed E-state index contributed by atoms with van der Waals surface area (Å²) in [5.41, 5.74) is 1.80. The molecule has 15 heavy (non-hydrogen) atoms. The molecule has 0 aromatic heterocycles. The highest BCUT2D eigenvalue weighted by Gasteiger charge is 2.31. The van der Waals surface area contributed by atoms with Gasteiger partial charge in [0.05, 0.1) is 11.1 Å². The van der Waals surface area contributed by atoms with Crippen LogP contribution in [0.4, 0.5) is 0 Å². The summed E-state index contributed by atoms with van der Waals surface area (Å²) >= 11 is 0. The van der Waals surface area contributed by atoms with Crippen molar-refractivity contribution in [2.45, 2.75) is 26.2 Å².